The van der Waals surface area contributed by atoms with Crippen LogP contribution in [-0.4, -0.2) is 23.4 Å². The Kier molecular flexibility index (Phi) is 5.41. The van der Waals surface area contributed by atoms with Crippen LogP contribution < -0.4 is 5.32 Å². The Morgan fingerprint density at radius 2 is 1.85 bits per heavy atom. The molecule has 1 atom stereocenters. The summed E-state index contributed by atoms with van der Waals surface area (Å²) in [4.78, 5) is 0. The van der Waals surface area contributed by atoms with E-state index >= 15 is 0 Å². The molecule has 20 heavy (non-hydrogen) atoms. The fourth-order valence-electron chi connectivity index (χ4n) is 2.04. The monoisotopic (exact) mass is 291 g/mol. The average molecular weight is 292 g/mol. The van der Waals surface area contributed by atoms with Gasteiger partial charge in [0.05, 0.1) is 0 Å². The SMILES string of the molecule is OCCCNc1ccc(Cl)cc1C(O)c1ccccc1. The Morgan fingerprint density at radius 1 is 1.10 bits per heavy atom. The molecule has 0 spiro atoms. The fourth-order valence-corrected chi connectivity index (χ4v) is 2.22. The summed E-state index contributed by atoms with van der Waals surface area (Å²) in [5, 5.41) is 23.1. The molecular formula is C16H18ClNO2. The first-order chi connectivity index (χ1) is 9.72. The quantitative estimate of drug-likeness (QED) is 0.716. The van der Waals surface area contributed by atoms with Crippen molar-refractivity contribution >= 4 is 17.3 Å². The summed E-state index contributed by atoms with van der Waals surface area (Å²) in [5.41, 5.74) is 2.39. The molecule has 0 bridgehead atoms. The van der Waals surface area contributed by atoms with Crippen molar-refractivity contribution in [3.8, 4) is 0 Å². The van der Waals surface area contributed by atoms with Crippen molar-refractivity contribution in [1.82, 2.24) is 0 Å². The first-order valence-electron chi connectivity index (χ1n) is 6.59. The van der Waals surface area contributed by atoms with Crippen LogP contribution in [0.5, 0.6) is 0 Å². The fraction of sp³-hybridized carbons (Fsp3) is 0.250. The highest BCUT2D eigenvalue weighted by Gasteiger charge is 2.14. The number of aliphatic hydroxyl groups excluding tert-OH is 2. The highest BCUT2D eigenvalue weighted by atomic mass is 35.5. The average Bonchev–Trinajstić information content (AvgIpc) is 2.49. The Morgan fingerprint density at radius 3 is 2.55 bits per heavy atom. The minimum absolute atomic E-state index is 0.136. The summed E-state index contributed by atoms with van der Waals surface area (Å²) < 4.78 is 0. The normalized spacial score (nSPS) is 12.2. The van der Waals surface area contributed by atoms with E-state index in [0.29, 0.717) is 18.0 Å². The van der Waals surface area contributed by atoms with E-state index in [1.54, 1.807) is 12.1 Å². The second kappa shape index (κ2) is 7.29. The molecule has 0 saturated heterocycles. The molecule has 1 unspecified atom stereocenters. The van der Waals surface area contributed by atoms with E-state index in [0.717, 1.165) is 16.8 Å². The van der Waals surface area contributed by atoms with Gasteiger partial charge in [-0.3, -0.25) is 0 Å². The Balaban J connectivity index is 2.26. The van der Waals surface area contributed by atoms with Crippen LogP contribution in [0.25, 0.3) is 0 Å². The van der Waals surface area contributed by atoms with Crippen molar-refractivity contribution in [3.05, 3.63) is 64.7 Å². The minimum Gasteiger partial charge on any atom is -0.396 e. The summed E-state index contributed by atoms with van der Waals surface area (Å²) in [6.07, 6.45) is -0.0738. The zero-order valence-corrected chi connectivity index (χ0v) is 11.8. The predicted molar refractivity (Wildman–Crippen MR) is 82.1 cm³/mol. The highest BCUT2D eigenvalue weighted by Crippen LogP contribution is 2.30. The maximum absolute atomic E-state index is 10.5. The zero-order valence-electron chi connectivity index (χ0n) is 11.1. The van der Waals surface area contributed by atoms with Crippen LogP contribution in [0.3, 0.4) is 0 Å². The molecule has 0 heterocycles. The van der Waals surface area contributed by atoms with E-state index in [-0.39, 0.29) is 6.61 Å². The molecule has 0 aromatic heterocycles. The number of aliphatic hydroxyl groups is 2. The van der Waals surface area contributed by atoms with E-state index in [2.05, 4.69) is 5.32 Å². The van der Waals surface area contributed by atoms with Crippen molar-refractivity contribution in [2.45, 2.75) is 12.5 Å². The highest BCUT2D eigenvalue weighted by molar-refractivity contribution is 6.30. The van der Waals surface area contributed by atoms with Crippen molar-refractivity contribution in [1.29, 1.82) is 0 Å². The number of hydrogen-bond acceptors (Lipinski definition) is 3. The molecular weight excluding hydrogens is 274 g/mol. The molecule has 3 N–H and O–H groups in total. The summed E-state index contributed by atoms with van der Waals surface area (Å²) in [6.45, 7) is 0.782. The second-order valence-corrected chi connectivity index (χ2v) is 4.99. The standard InChI is InChI=1S/C16H18ClNO2/c17-13-7-8-15(18-9-4-10-19)14(11-13)16(20)12-5-2-1-3-6-12/h1-3,5-8,11,16,18-20H,4,9-10H2. The molecule has 0 aliphatic heterocycles. The van der Waals surface area contributed by atoms with E-state index < -0.39 is 6.10 Å². The molecule has 0 aliphatic carbocycles. The van der Waals surface area contributed by atoms with Gasteiger partial charge in [-0.1, -0.05) is 41.9 Å². The van der Waals surface area contributed by atoms with Gasteiger partial charge in [0.15, 0.2) is 0 Å². The molecule has 0 saturated carbocycles. The van der Waals surface area contributed by atoms with Gasteiger partial charge in [-0.2, -0.15) is 0 Å². The molecule has 2 aromatic carbocycles. The van der Waals surface area contributed by atoms with Gasteiger partial charge in [0.1, 0.15) is 6.10 Å². The zero-order chi connectivity index (χ0) is 14.4. The largest absolute Gasteiger partial charge is 0.396 e. The Hall–Kier alpha value is -1.55. The molecule has 0 amide bonds. The summed E-state index contributed by atoms with van der Waals surface area (Å²) in [7, 11) is 0. The van der Waals surface area contributed by atoms with Gasteiger partial charge in [-0.25, -0.2) is 0 Å². The smallest absolute Gasteiger partial charge is 0.106 e. The second-order valence-electron chi connectivity index (χ2n) is 4.55. The summed E-state index contributed by atoms with van der Waals surface area (Å²) >= 11 is 6.03. The van der Waals surface area contributed by atoms with E-state index in [1.165, 1.54) is 0 Å². The Bertz CT molecular complexity index is 545. The van der Waals surface area contributed by atoms with E-state index in [4.69, 9.17) is 16.7 Å². The third-order valence-corrected chi connectivity index (χ3v) is 3.31. The maximum Gasteiger partial charge on any atom is 0.106 e. The van der Waals surface area contributed by atoms with Gasteiger partial charge in [-0.15, -0.1) is 0 Å². The first kappa shape index (κ1) is 14.9. The molecule has 2 rings (SSSR count). The number of hydrogen-bond donors (Lipinski definition) is 3. The van der Waals surface area contributed by atoms with Crippen molar-refractivity contribution < 1.29 is 10.2 Å². The van der Waals surface area contributed by atoms with Gasteiger partial charge in [0.2, 0.25) is 0 Å². The minimum atomic E-state index is -0.730. The predicted octanol–water partition coefficient (Wildman–Crippen LogP) is 3.22. The van der Waals surface area contributed by atoms with Gasteiger partial charge in [-0.05, 0) is 30.2 Å². The number of halogens is 1. The van der Waals surface area contributed by atoms with Crippen LogP contribution in [-0.2, 0) is 0 Å². The number of rotatable bonds is 6. The molecule has 0 aliphatic rings. The third-order valence-electron chi connectivity index (χ3n) is 3.07. The Labute approximate surface area is 123 Å². The topological polar surface area (TPSA) is 52.5 Å². The summed E-state index contributed by atoms with van der Waals surface area (Å²) in [6, 6.07) is 14.8. The van der Waals surface area contributed by atoms with Crippen LogP contribution in [0.15, 0.2) is 48.5 Å². The molecule has 0 radical (unpaired) electrons. The van der Waals surface area contributed by atoms with E-state index in [9.17, 15) is 5.11 Å². The lowest BCUT2D eigenvalue weighted by atomic mass is 10.00. The van der Waals surface area contributed by atoms with Crippen LogP contribution in [0.2, 0.25) is 5.02 Å². The van der Waals surface area contributed by atoms with Crippen LogP contribution in [0, 0.1) is 0 Å². The maximum atomic E-state index is 10.5. The van der Waals surface area contributed by atoms with Crippen molar-refractivity contribution in [3.63, 3.8) is 0 Å². The number of nitrogens with one attached hydrogen (secondary N) is 1. The lowest BCUT2D eigenvalue weighted by molar-refractivity contribution is 0.221. The molecule has 4 heteroatoms. The molecule has 106 valence electrons. The van der Waals surface area contributed by atoms with Gasteiger partial charge >= 0.3 is 0 Å². The van der Waals surface area contributed by atoms with Gasteiger partial charge in [0, 0.05) is 29.4 Å². The molecule has 0 fully saturated rings. The lowest BCUT2D eigenvalue weighted by Crippen LogP contribution is -2.09. The van der Waals surface area contributed by atoms with Gasteiger partial charge in [0.25, 0.3) is 0 Å². The number of benzene rings is 2. The van der Waals surface area contributed by atoms with Crippen molar-refractivity contribution in [2.75, 3.05) is 18.5 Å². The van der Waals surface area contributed by atoms with Crippen LogP contribution >= 0.6 is 11.6 Å². The third kappa shape index (κ3) is 3.73. The lowest BCUT2D eigenvalue weighted by Gasteiger charge is -2.17. The van der Waals surface area contributed by atoms with Crippen molar-refractivity contribution in [2.24, 2.45) is 0 Å². The van der Waals surface area contributed by atoms with Crippen LogP contribution in [0.4, 0.5) is 5.69 Å². The van der Waals surface area contributed by atoms with Crippen LogP contribution in [0.1, 0.15) is 23.7 Å². The number of anilines is 1. The molecule has 2 aromatic rings. The van der Waals surface area contributed by atoms with E-state index in [1.807, 2.05) is 36.4 Å². The summed E-state index contributed by atoms with van der Waals surface area (Å²) in [5.74, 6) is 0. The molecule has 3 nitrogen and oxygen atoms in total. The van der Waals surface area contributed by atoms with Gasteiger partial charge < -0.3 is 15.5 Å². The first-order valence-corrected chi connectivity index (χ1v) is 6.97.